The molecule has 6 aromatic rings. The number of carboxylic acid groups (broad SMARTS) is 1. The van der Waals surface area contributed by atoms with Crippen molar-refractivity contribution in [2.24, 2.45) is 22.9 Å². The number of benzene rings is 4. The molecule has 0 saturated heterocycles. The van der Waals surface area contributed by atoms with Crippen LogP contribution in [0.1, 0.15) is 19.3 Å². The smallest absolute Gasteiger partial charge is 0.409 e. The molecule has 0 aliphatic carbocycles. The highest BCUT2D eigenvalue weighted by Crippen LogP contribution is 2.32. The Kier molecular flexibility index (Phi) is 13.6. The van der Waals surface area contributed by atoms with Gasteiger partial charge in [0.2, 0.25) is 10.9 Å². The summed E-state index contributed by atoms with van der Waals surface area (Å²) in [5.74, 6) is -1.67. The Morgan fingerprint density at radius 3 is 1.38 bits per heavy atom. The number of hydrogen-bond donors (Lipinski definition) is 9. The molecule has 0 radical (unpaired) electrons. The highest BCUT2D eigenvalue weighted by Gasteiger charge is 2.17. The third-order valence-corrected chi connectivity index (χ3v) is 7.74. The molecule has 2 heterocycles. The number of phenolic OH excluding ortho intramolecular Hbond substituents is 4. The van der Waals surface area contributed by atoms with Crippen molar-refractivity contribution in [3.05, 3.63) is 106 Å². The number of fused-ring (bicyclic) bond motifs is 2. The molecule has 0 bridgehead atoms. The highest BCUT2D eigenvalue weighted by atomic mass is 16.6. The van der Waals surface area contributed by atoms with Gasteiger partial charge in [0.25, 0.3) is 0 Å². The number of nitrogens with two attached hydrogens (primary N) is 4. The van der Waals surface area contributed by atoms with Crippen LogP contribution in [-0.2, 0) is 4.79 Å². The van der Waals surface area contributed by atoms with Crippen molar-refractivity contribution in [1.29, 1.82) is 0 Å². The van der Waals surface area contributed by atoms with Crippen molar-refractivity contribution in [3.63, 3.8) is 0 Å². The van der Waals surface area contributed by atoms with E-state index in [9.17, 15) is 44.4 Å². The SMILES string of the molecule is NC(=O)Oc1cc(O)c2c(=O)c(-c3ccc(O)cc3)coc2c1.NC(=O)Oc1cc(O)c2c(=O)c(-c3ccc(O)cc3)coc2c1.NCCCC[C@H](N)C(=O)O. The lowest BCUT2D eigenvalue weighted by atomic mass is 10.0. The van der Waals surface area contributed by atoms with E-state index in [4.69, 9.17) is 36.9 Å². The Morgan fingerprint density at radius 2 is 1.04 bits per heavy atom. The molecule has 6 rings (SSSR count). The van der Waals surface area contributed by atoms with Crippen molar-refractivity contribution >= 4 is 40.1 Å². The molecule has 2 amide bonds. The van der Waals surface area contributed by atoms with Crippen LogP contribution in [0.2, 0.25) is 0 Å². The number of amides is 2. The minimum absolute atomic E-state index is 0.0389. The molecule has 18 heteroatoms. The minimum Gasteiger partial charge on any atom is -0.508 e. The van der Waals surface area contributed by atoms with Crippen LogP contribution in [0, 0.1) is 0 Å². The summed E-state index contributed by atoms with van der Waals surface area (Å²) in [6.45, 7) is 0.604. The van der Waals surface area contributed by atoms with E-state index in [0.717, 1.165) is 25.0 Å². The van der Waals surface area contributed by atoms with Crippen LogP contribution < -0.4 is 43.3 Å². The third-order valence-electron chi connectivity index (χ3n) is 7.74. The number of unbranched alkanes of at least 4 members (excludes halogenated alkanes) is 1. The summed E-state index contributed by atoms with van der Waals surface area (Å²) < 4.78 is 20.0. The largest absolute Gasteiger partial charge is 0.508 e. The van der Waals surface area contributed by atoms with Gasteiger partial charge in [-0.1, -0.05) is 30.7 Å². The van der Waals surface area contributed by atoms with Gasteiger partial charge in [0.1, 0.15) is 75.0 Å². The number of primary amides is 2. The molecule has 4 aromatic carbocycles. The second-order valence-corrected chi connectivity index (χ2v) is 11.8. The van der Waals surface area contributed by atoms with Crippen LogP contribution in [0.15, 0.2) is 104 Å². The lowest BCUT2D eigenvalue weighted by molar-refractivity contribution is -0.138. The van der Waals surface area contributed by atoms with E-state index >= 15 is 0 Å². The summed E-state index contributed by atoms with van der Waals surface area (Å²) >= 11 is 0. The summed E-state index contributed by atoms with van der Waals surface area (Å²) in [6.07, 6.45) is 2.52. The summed E-state index contributed by atoms with van der Waals surface area (Å²) in [5.41, 5.74) is 20.9. The van der Waals surface area contributed by atoms with Gasteiger partial charge in [0.05, 0.1) is 11.1 Å². The molecule has 0 saturated carbocycles. The first kappa shape index (κ1) is 41.2. The molecule has 18 nitrogen and oxygen atoms in total. The predicted octanol–water partition coefficient (Wildman–Crippen LogP) is 4.18. The first-order valence-corrected chi connectivity index (χ1v) is 16.4. The second-order valence-electron chi connectivity index (χ2n) is 11.8. The van der Waals surface area contributed by atoms with E-state index in [-0.39, 0.29) is 56.1 Å². The monoisotopic (exact) mass is 772 g/mol. The zero-order chi connectivity index (χ0) is 41.1. The van der Waals surface area contributed by atoms with Gasteiger partial charge >= 0.3 is 18.2 Å². The van der Waals surface area contributed by atoms with Gasteiger partial charge in [-0.05, 0) is 54.8 Å². The highest BCUT2D eigenvalue weighted by molar-refractivity contribution is 5.90. The van der Waals surface area contributed by atoms with Gasteiger partial charge in [-0.2, -0.15) is 0 Å². The van der Waals surface area contributed by atoms with E-state index in [2.05, 4.69) is 9.47 Å². The molecule has 2 aromatic heterocycles. The first-order chi connectivity index (χ1) is 26.6. The minimum atomic E-state index is -1.05. The fourth-order valence-corrected chi connectivity index (χ4v) is 5.08. The molecule has 0 aliphatic heterocycles. The van der Waals surface area contributed by atoms with Crippen molar-refractivity contribution in [2.45, 2.75) is 25.3 Å². The zero-order valence-electron chi connectivity index (χ0n) is 29.2. The lowest BCUT2D eigenvalue weighted by Crippen LogP contribution is -2.29. The molecule has 292 valence electrons. The van der Waals surface area contributed by atoms with E-state index in [1.165, 1.54) is 48.9 Å². The Balaban J connectivity index is 0.000000202. The molecule has 0 spiro atoms. The molecule has 0 fully saturated rings. The van der Waals surface area contributed by atoms with E-state index < -0.39 is 46.6 Å². The van der Waals surface area contributed by atoms with E-state index in [0.29, 0.717) is 24.1 Å². The molecule has 13 N–H and O–H groups in total. The third kappa shape index (κ3) is 10.5. The maximum atomic E-state index is 12.6. The number of ether oxygens (including phenoxy) is 2. The van der Waals surface area contributed by atoms with Gasteiger partial charge in [-0.15, -0.1) is 0 Å². The number of carbonyl (C=O) groups excluding carboxylic acids is 2. The van der Waals surface area contributed by atoms with E-state index in [1.54, 1.807) is 24.3 Å². The summed E-state index contributed by atoms with van der Waals surface area (Å²) in [6, 6.07) is 16.0. The van der Waals surface area contributed by atoms with Crippen molar-refractivity contribution in [2.75, 3.05) is 6.54 Å². The summed E-state index contributed by atoms with van der Waals surface area (Å²) in [7, 11) is 0. The Morgan fingerprint density at radius 1 is 0.643 bits per heavy atom. The lowest BCUT2D eigenvalue weighted by Gasteiger charge is -2.07. The van der Waals surface area contributed by atoms with Gasteiger partial charge in [-0.3, -0.25) is 14.4 Å². The number of carboxylic acids is 1. The second kappa shape index (κ2) is 18.5. The molecular formula is C38H36N4O14. The van der Waals surface area contributed by atoms with Crippen molar-refractivity contribution in [3.8, 4) is 56.8 Å². The fraction of sp³-hybridized carbons (Fsp3) is 0.132. The van der Waals surface area contributed by atoms with E-state index in [1.807, 2.05) is 0 Å². The molecule has 0 unspecified atom stereocenters. The summed E-state index contributed by atoms with van der Waals surface area (Å²) in [5, 5.41) is 46.9. The molecule has 1 atom stereocenters. The summed E-state index contributed by atoms with van der Waals surface area (Å²) in [4.78, 5) is 56.8. The molecule has 56 heavy (non-hydrogen) atoms. The maximum Gasteiger partial charge on any atom is 0.409 e. The number of aliphatic carboxylic acids is 1. The van der Waals surface area contributed by atoms with Crippen LogP contribution >= 0.6 is 0 Å². The molecule has 0 aliphatic rings. The Bertz CT molecular complexity index is 2320. The normalized spacial score (nSPS) is 11.0. The number of rotatable bonds is 9. The van der Waals surface area contributed by atoms with Gasteiger partial charge < -0.3 is 66.8 Å². The number of hydrogen-bond acceptors (Lipinski definition) is 15. The average molecular weight is 773 g/mol. The van der Waals surface area contributed by atoms with Crippen molar-refractivity contribution < 1.29 is 58.2 Å². The van der Waals surface area contributed by atoms with Crippen LogP contribution in [-0.4, -0.2) is 56.3 Å². The van der Waals surface area contributed by atoms with Crippen LogP contribution in [0.3, 0.4) is 0 Å². The van der Waals surface area contributed by atoms with Crippen LogP contribution in [0.4, 0.5) is 9.59 Å². The van der Waals surface area contributed by atoms with Crippen molar-refractivity contribution in [1.82, 2.24) is 0 Å². The van der Waals surface area contributed by atoms with Crippen LogP contribution in [0.25, 0.3) is 44.2 Å². The number of aromatic hydroxyl groups is 4. The van der Waals surface area contributed by atoms with Crippen LogP contribution in [0.5, 0.6) is 34.5 Å². The topological polar surface area (TPSA) is 335 Å². The number of phenols is 4. The Labute approximate surface area is 315 Å². The average Bonchev–Trinajstić information content (AvgIpc) is 3.12. The van der Waals surface area contributed by atoms with Gasteiger partial charge in [0, 0.05) is 24.3 Å². The fourth-order valence-electron chi connectivity index (χ4n) is 5.08. The number of carbonyl (C=O) groups is 3. The maximum absolute atomic E-state index is 12.6. The van der Waals surface area contributed by atoms with Gasteiger partial charge in [0.15, 0.2) is 0 Å². The molecular weight excluding hydrogens is 736 g/mol. The van der Waals surface area contributed by atoms with Gasteiger partial charge in [-0.25, -0.2) is 9.59 Å². The zero-order valence-corrected chi connectivity index (χ0v) is 29.2. The standard InChI is InChI=1S/2C16H11NO6.C6H14N2O2/c2*17-16(21)23-10-5-12(19)14-13(6-10)22-7-11(15(14)20)8-1-3-9(18)4-2-8;7-4-2-1-3-5(8)6(9)10/h2*1-7,18-19H,(H2,17,21);5H,1-4,7-8H2,(H,9,10)/t;;5-/m..0/s1. The predicted molar refractivity (Wildman–Crippen MR) is 201 cm³/mol. The first-order valence-electron chi connectivity index (χ1n) is 16.4. The Hall–Kier alpha value is -7.57. The quantitative estimate of drug-likeness (QED) is 0.0930.